The molecule has 4 aromatic heterocycles. The van der Waals surface area contributed by atoms with E-state index in [0.717, 1.165) is 42.4 Å². The van der Waals surface area contributed by atoms with Crippen molar-refractivity contribution in [2.45, 2.75) is 0 Å². The maximum atomic E-state index is 10.9. The summed E-state index contributed by atoms with van der Waals surface area (Å²) < 4.78 is 3.68. The topological polar surface area (TPSA) is 84.5 Å². The first kappa shape index (κ1) is 16.4. The van der Waals surface area contributed by atoms with Crippen molar-refractivity contribution >= 4 is 17.9 Å². The minimum atomic E-state index is 0.706. The molecule has 5 rings (SSSR count). The van der Waals surface area contributed by atoms with E-state index in [4.69, 9.17) is 4.98 Å². The SMILES string of the molecule is O=CN1CCN(c2cccc(-c3cnc4cnc(-n5cccn5)cn34)n2)CC1. The average Bonchev–Trinajstić information content (AvgIpc) is 3.43. The summed E-state index contributed by atoms with van der Waals surface area (Å²) in [7, 11) is 0. The number of carbonyl (C=O) groups excluding carboxylic acids is 1. The van der Waals surface area contributed by atoms with Gasteiger partial charge in [0.15, 0.2) is 11.5 Å². The number of hydrogen-bond acceptors (Lipinski definition) is 6. The van der Waals surface area contributed by atoms with Crippen LogP contribution in [-0.2, 0) is 4.79 Å². The number of rotatable bonds is 4. The molecular formula is C19H18N8O. The zero-order valence-electron chi connectivity index (χ0n) is 15.1. The van der Waals surface area contributed by atoms with E-state index in [1.165, 1.54) is 0 Å². The molecular weight excluding hydrogens is 356 g/mol. The molecule has 140 valence electrons. The molecule has 0 aliphatic carbocycles. The van der Waals surface area contributed by atoms with Crippen molar-refractivity contribution in [2.24, 2.45) is 0 Å². The second-order valence-corrected chi connectivity index (χ2v) is 6.58. The molecule has 0 aromatic carbocycles. The van der Waals surface area contributed by atoms with Gasteiger partial charge in [-0.05, 0) is 18.2 Å². The van der Waals surface area contributed by atoms with Crippen LogP contribution in [0.4, 0.5) is 5.82 Å². The van der Waals surface area contributed by atoms with E-state index in [2.05, 4.69) is 20.0 Å². The number of imidazole rings is 1. The Morgan fingerprint density at radius 2 is 1.86 bits per heavy atom. The van der Waals surface area contributed by atoms with Gasteiger partial charge in [-0.15, -0.1) is 0 Å². The molecule has 1 amide bonds. The molecule has 1 aliphatic heterocycles. The van der Waals surface area contributed by atoms with Crippen LogP contribution in [0.25, 0.3) is 22.9 Å². The van der Waals surface area contributed by atoms with Crippen molar-refractivity contribution in [2.75, 3.05) is 31.1 Å². The number of hydrogen-bond donors (Lipinski definition) is 0. The Hall–Kier alpha value is -3.75. The molecule has 0 bridgehead atoms. The number of carbonyl (C=O) groups is 1. The fourth-order valence-electron chi connectivity index (χ4n) is 3.39. The quantitative estimate of drug-likeness (QED) is 0.500. The Bertz CT molecular complexity index is 1110. The molecule has 0 spiro atoms. The van der Waals surface area contributed by atoms with E-state index in [1.807, 2.05) is 41.1 Å². The highest BCUT2D eigenvalue weighted by Crippen LogP contribution is 2.23. The largest absolute Gasteiger partial charge is 0.353 e. The van der Waals surface area contributed by atoms with Gasteiger partial charge in [-0.1, -0.05) is 6.07 Å². The number of piperazine rings is 1. The fraction of sp³-hybridized carbons (Fsp3) is 0.211. The molecule has 1 fully saturated rings. The van der Waals surface area contributed by atoms with Crippen molar-refractivity contribution in [1.29, 1.82) is 0 Å². The predicted octanol–water partition coefficient (Wildman–Crippen LogP) is 1.26. The van der Waals surface area contributed by atoms with Crippen LogP contribution in [0.3, 0.4) is 0 Å². The van der Waals surface area contributed by atoms with Gasteiger partial charge in [-0.3, -0.25) is 9.20 Å². The number of nitrogens with zero attached hydrogens (tertiary/aromatic N) is 8. The van der Waals surface area contributed by atoms with E-state index in [9.17, 15) is 4.79 Å². The monoisotopic (exact) mass is 374 g/mol. The molecule has 4 aromatic rings. The fourth-order valence-corrected chi connectivity index (χ4v) is 3.39. The lowest BCUT2D eigenvalue weighted by Crippen LogP contribution is -2.46. The summed E-state index contributed by atoms with van der Waals surface area (Å²) in [6.07, 6.45) is 9.91. The van der Waals surface area contributed by atoms with Crippen LogP contribution in [0.1, 0.15) is 0 Å². The van der Waals surface area contributed by atoms with Crippen molar-refractivity contribution in [1.82, 2.24) is 34.0 Å². The predicted molar refractivity (Wildman–Crippen MR) is 103 cm³/mol. The molecule has 9 nitrogen and oxygen atoms in total. The van der Waals surface area contributed by atoms with Crippen LogP contribution in [0.2, 0.25) is 0 Å². The highest BCUT2D eigenvalue weighted by molar-refractivity contribution is 5.62. The lowest BCUT2D eigenvalue weighted by molar-refractivity contribution is -0.118. The number of amides is 1. The van der Waals surface area contributed by atoms with Crippen molar-refractivity contribution in [3.05, 3.63) is 55.2 Å². The first-order valence-electron chi connectivity index (χ1n) is 9.07. The van der Waals surface area contributed by atoms with Gasteiger partial charge in [0.2, 0.25) is 6.41 Å². The van der Waals surface area contributed by atoms with Gasteiger partial charge in [0.1, 0.15) is 5.82 Å². The van der Waals surface area contributed by atoms with Gasteiger partial charge < -0.3 is 9.80 Å². The lowest BCUT2D eigenvalue weighted by Gasteiger charge is -2.33. The van der Waals surface area contributed by atoms with Gasteiger partial charge in [0.25, 0.3) is 0 Å². The normalized spacial score (nSPS) is 14.6. The third kappa shape index (κ3) is 2.86. The van der Waals surface area contributed by atoms with Crippen LogP contribution in [0.15, 0.2) is 55.2 Å². The second-order valence-electron chi connectivity index (χ2n) is 6.58. The van der Waals surface area contributed by atoms with E-state index < -0.39 is 0 Å². The number of pyridine rings is 1. The zero-order chi connectivity index (χ0) is 18.9. The van der Waals surface area contributed by atoms with Crippen LogP contribution in [0.5, 0.6) is 0 Å². The van der Waals surface area contributed by atoms with Crippen LogP contribution in [-0.4, -0.2) is 66.6 Å². The van der Waals surface area contributed by atoms with Gasteiger partial charge in [0, 0.05) is 38.6 Å². The maximum absolute atomic E-state index is 10.9. The Balaban J connectivity index is 1.50. The van der Waals surface area contributed by atoms with Crippen molar-refractivity contribution in [3.8, 4) is 17.2 Å². The molecule has 1 saturated heterocycles. The molecule has 0 saturated carbocycles. The average molecular weight is 374 g/mol. The second kappa shape index (κ2) is 6.76. The Morgan fingerprint density at radius 3 is 2.64 bits per heavy atom. The molecule has 28 heavy (non-hydrogen) atoms. The third-order valence-electron chi connectivity index (χ3n) is 4.91. The first-order chi connectivity index (χ1) is 13.8. The number of fused-ring (bicyclic) bond motifs is 1. The highest BCUT2D eigenvalue weighted by atomic mass is 16.1. The summed E-state index contributed by atoms with van der Waals surface area (Å²) in [6.45, 7) is 2.97. The highest BCUT2D eigenvalue weighted by Gasteiger charge is 2.18. The van der Waals surface area contributed by atoms with E-state index in [-0.39, 0.29) is 0 Å². The van der Waals surface area contributed by atoms with Gasteiger partial charge >= 0.3 is 0 Å². The molecule has 1 aliphatic rings. The van der Waals surface area contributed by atoms with E-state index in [1.54, 1.807) is 28.2 Å². The van der Waals surface area contributed by atoms with Crippen molar-refractivity contribution < 1.29 is 4.79 Å². The molecule has 9 heteroatoms. The van der Waals surface area contributed by atoms with Gasteiger partial charge in [0.05, 0.1) is 30.0 Å². The Morgan fingerprint density at radius 1 is 0.964 bits per heavy atom. The minimum absolute atomic E-state index is 0.706. The first-order valence-corrected chi connectivity index (χ1v) is 9.07. The van der Waals surface area contributed by atoms with Crippen LogP contribution < -0.4 is 4.90 Å². The van der Waals surface area contributed by atoms with Crippen molar-refractivity contribution in [3.63, 3.8) is 0 Å². The summed E-state index contributed by atoms with van der Waals surface area (Å²) in [4.78, 5) is 28.6. The van der Waals surface area contributed by atoms with Gasteiger partial charge in [-0.25, -0.2) is 19.6 Å². The van der Waals surface area contributed by atoms with E-state index in [0.29, 0.717) is 18.9 Å². The molecule has 0 atom stereocenters. The Labute approximate surface area is 160 Å². The van der Waals surface area contributed by atoms with Crippen LogP contribution >= 0.6 is 0 Å². The maximum Gasteiger partial charge on any atom is 0.209 e. The lowest BCUT2D eigenvalue weighted by atomic mass is 10.2. The van der Waals surface area contributed by atoms with E-state index >= 15 is 0 Å². The Kier molecular flexibility index (Phi) is 3.97. The molecule has 5 heterocycles. The number of aromatic nitrogens is 6. The molecule has 0 radical (unpaired) electrons. The summed E-state index contributed by atoms with van der Waals surface area (Å²) in [5.41, 5.74) is 2.47. The zero-order valence-corrected chi connectivity index (χ0v) is 15.1. The number of anilines is 1. The summed E-state index contributed by atoms with van der Waals surface area (Å²) in [5.74, 6) is 1.61. The third-order valence-corrected chi connectivity index (χ3v) is 4.91. The summed E-state index contributed by atoms with van der Waals surface area (Å²) in [6, 6.07) is 7.83. The summed E-state index contributed by atoms with van der Waals surface area (Å²) >= 11 is 0. The standard InChI is InChI=1S/C19H18N8O/c28-14-24-7-9-25(10-8-24)17-4-1-3-15(23-17)16-11-20-18-12-21-19(13-26(16)18)27-6-2-5-22-27/h1-6,11-14H,7-10H2. The molecule has 0 N–H and O–H groups in total. The van der Waals surface area contributed by atoms with Crippen LogP contribution in [0, 0.1) is 0 Å². The molecule has 0 unspecified atom stereocenters. The van der Waals surface area contributed by atoms with Gasteiger partial charge in [-0.2, -0.15) is 5.10 Å². The minimum Gasteiger partial charge on any atom is -0.353 e. The smallest absolute Gasteiger partial charge is 0.209 e. The summed E-state index contributed by atoms with van der Waals surface area (Å²) in [5, 5.41) is 4.24.